The molecule has 5 aromatic rings. The molecule has 2 aromatic carbocycles. The number of benzene rings is 2. The van der Waals surface area contributed by atoms with Crippen LogP contribution in [0.15, 0.2) is 71.8 Å². The van der Waals surface area contributed by atoms with Crippen LogP contribution in [0.25, 0.3) is 31.2 Å². The quantitative estimate of drug-likeness (QED) is 0.198. The SMILES string of the molecule is COc1cc(C(=O)NN=Cc2ccc(-c3ccc(-c4cc(C(=O)[O-])c5ccccc5n4)s3)s2)cc(OC)c1OC. The van der Waals surface area contributed by atoms with Gasteiger partial charge in [-0.05, 0) is 48.5 Å². The van der Waals surface area contributed by atoms with E-state index in [1.54, 1.807) is 42.6 Å². The van der Waals surface area contributed by atoms with E-state index in [9.17, 15) is 14.7 Å². The first-order valence-corrected chi connectivity index (χ1v) is 13.5. The van der Waals surface area contributed by atoms with Crippen molar-refractivity contribution in [2.45, 2.75) is 0 Å². The third-order valence-electron chi connectivity index (χ3n) is 5.95. The molecule has 0 aliphatic heterocycles. The van der Waals surface area contributed by atoms with Crippen molar-refractivity contribution in [3.8, 4) is 37.6 Å². The molecule has 0 atom stereocenters. The number of para-hydroxylation sites is 1. The van der Waals surface area contributed by atoms with Gasteiger partial charge >= 0.3 is 0 Å². The molecule has 0 aliphatic carbocycles. The number of aromatic carboxylic acids is 1. The molecule has 0 aliphatic rings. The Labute approximate surface area is 237 Å². The van der Waals surface area contributed by atoms with Crippen LogP contribution >= 0.6 is 22.7 Å². The van der Waals surface area contributed by atoms with Gasteiger partial charge in [0.05, 0.1) is 49.6 Å². The summed E-state index contributed by atoms with van der Waals surface area (Å²) in [7, 11) is 4.44. The highest BCUT2D eigenvalue weighted by atomic mass is 32.1. The lowest BCUT2D eigenvalue weighted by molar-refractivity contribution is -0.254. The molecule has 1 amide bonds. The predicted octanol–water partition coefficient (Wildman–Crippen LogP) is 4.85. The lowest BCUT2D eigenvalue weighted by Crippen LogP contribution is -2.22. The number of hydrazone groups is 1. The zero-order valence-corrected chi connectivity index (χ0v) is 23.2. The summed E-state index contributed by atoms with van der Waals surface area (Å²) in [5.41, 5.74) is 4.09. The second kappa shape index (κ2) is 11.6. The number of thiophene rings is 2. The van der Waals surface area contributed by atoms with Gasteiger partial charge in [0, 0.05) is 31.1 Å². The van der Waals surface area contributed by atoms with Gasteiger partial charge in [0.1, 0.15) is 0 Å². The number of carboxylic acid groups (broad SMARTS) is 1. The Kier molecular flexibility index (Phi) is 7.76. The number of hydrogen-bond acceptors (Lipinski definition) is 10. The molecule has 202 valence electrons. The van der Waals surface area contributed by atoms with E-state index in [2.05, 4.69) is 15.5 Å². The van der Waals surface area contributed by atoms with Crippen molar-refractivity contribution in [2.24, 2.45) is 5.10 Å². The average molecular weight is 573 g/mol. The molecule has 0 saturated heterocycles. The molecule has 11 heteroatoms. The van der Waals surface area contributed by atoms with E-state index in [1.165, 1.54) is 44.0 Å². The Morgan fingerprint density at radius 3 is 2.25 bits per heavy atom. The Hall–Kier alpha value is -4.74. The van der Waals surface area contributed by atoms with Crippen LogP contribution in [0.5, 0.6) is 17.2 Å². The van der Waals surface area contributed by atoms with Crippen molar-refractivity contribution in [1.82, 2.24) is 10.4 Å². The summed E-state index contributed by atoms with van der Waals surface area (Å²) in [6.45, 7) is 0. The second-order valence-electron chi connectivity index (χ2n) is 8.34. The molecular weight excluding hydrogens is 550 g/mol. The molecule has 40 heavy (non-hydrogen) atoms. The number of aromatic nitrogens is 1. The molecule has 0 unspecified atom stereocenters. The van der Waals surface area contributed by atoms with Gasteiger partial charge in [-0.3, -0.25) is 4.79 Å². The zero-order valence-electron chi connectivity index (χ0n) is 21.6. The average Bonchev–Trinajstić information content (AvgIpc) is 3.66. The summed E-state index contributed by atoms with van der Waals surface area (Å²) in [6, 6.07) is 19.5. The Bertz CT molecular complexity index is 1730. The van der Waals surface area contributed by atoms with E-state index in [0.29, 0.717) is 39.4 Å². The van der Waals surface area contributed by atoms with Gasteiger partial charge in [-0.1, -0.05) is 18.2 Å². The van der Waals surface area contributed by atoms with Crippen molar-refractivity contribution in [3.05, 3.63) is 82.7 Å². The Balaban J connectivity index is 1.31. The number of carbonyl (C=O) groups is 2. The van der Waals surface area contributed by atoms with E-state index >= 15 is 0 Å². The molecule has 3 aromatic heterocycles. The normalized spacial score (nSPS) is 11.1. The van der Waals surface area contributed by atoms with Crippen molar-refractivity contribution in [2.75, 3.05) is 21.3 Å². The molecular formula is C29H22N3O6S2-. The fraction of sp³-hybridized carbons (Fsp3) is 0.103. The number of ether oxygens (including phenoxy) is 3. The molecule has 0 bridgehead atoms. The highest BCUT2D eigenvalue weighted by molar-refractivity contribution is 7.24. The third kappa shape index (κ3) is 5.37. The van der Waals surface area contributed by atoms with E-state index in [4.69, 9.17) is 14.2 Å². The topological polar surface area (TPSA) is 122 Å². The van der Waals surface area contributed by atoms with Gasteiger partial charge in [-0.2, -0.15) is 5.10 Å². The number of carboxylic acids is 1. The van der Waals surface area contributed by atoms with Gasteiger partial charge in [-0.25, -0.2) is 10.4 Å². The molecule has 1 N–H and O–H groups in total. The maximum atomic E-state index is 12.7. The Morgan fingerprint density at radius 1 is 0.875 bits per heavy atom. The van der Waals surface area contributed by atoms with Gasteiger partial charge in [0.15, 0.2) is 11.5 Å². The molecule has 0 saturated carbocycles. The van der Waals surface area contributed by atoms with Gasteiger partial charge in [-0.15, -0.1) is 22.7 Å². The highest BCUT2D eigenvalue weighted by Crippen LogP contribution is 2.39. The molecule has 9 nitrogen and oxygen atoms in total. The molecule has 3 heterocycles. The lowest BCUT2D eigenvalue weighted by Gasteiger charge is -2.13. The number of methoxy groups -OCH3 is 3. The fourth-order valence-corrected chi connectivity index (χ4v) is 6.00. The predicted molar refractivity (Wildman–Crippen MR) is 154 cm³/mol. The minimum absolute atomic E-state index is 0.110. The first-order chi connectivity index (χ1) is 19.4. The second-order valence-corrected chi connectivity index (χ2v) is 10.5. The summed E-state index contributed by atoms with van der Waals surface area (Å²) in [4.78, 5) is 32.7. The van der Waals surface area contributed by atoms with Gasteiger partial charge < -0.3 is 24.1 Å². The van der Waals surface area contributed by atoms with Crippen molar-refractivity contribution in [3.63, 3.8) is 0 Å². The summed E-state index contributed by atoms with van der Waals surface area (Å²) in [5.74, 6) is -0.554. The van der Waals surface area contributed by atoms with Crippen LogP contribution in [0.3, 0.4) is 0 Å². The first-order valence-electron chi connectivity index (χ1n) is 11.9. The molecule has 0 spiro atoms. The number of carbonyl (C=O) groups excluding carboxylic acids is 2. The minimum Gasteiger partial charge on any atom is -0.545 e. The van der Waals surface area contributed by atoms with Crippen LogP contribution in [-0.2, 0) is 0 Å². The smallest absolute Gasteiger partial charge is 0.271 e. The molecule has 0 fully saturated rings. The standard InChI is InChI=1S/C29H23N3O6S2/c1-36-22-12-16(13-23(37-2)27(22)38-3)28(33)32-30-15-17-8-9-25(39-17)26-11-10-24(40-26)21-14-19(29(34)35)18-6-4-5-7-20(18)31-21/h4-15H,1-3H3,(H,32,33)(H,34,35)/p-1. The number of hydrogen-bond donors (Lipinski definition) is 1. The summed E-state index contributed by atoms with van der Waals surface area (Å²) in [6.07, 6.45) is 1.57. The van der Waals surface area contributed by atoms with Crippen LogP contribution < -0.4 is 24.7 Å². The monoisotopic (exact) mass is 572 g/mol. The van der Waals surface area contributed by atoms with E-state index in [-0.39, 0.29) is 5.56 Å². The van der Waals surface area contributed by atoms with Crippen LogP contribution in [-0.4, -0.2) is 44.4 Å². The summed E-state index contributed by atoms with van der Waals surface area (Å²) in [5, 5.41) is 16.4. The van der Waals surface area contributed by atoms with Crippen LogP contribution in [0, 0.1) is 0 Å². The van der Waals surface area contributed by atoms with Crippen molar-refractivity contribution >= 4 is 51.7 Å². The number of nitrogens with zero attached hydrogens (tertiary/aromatic N) is 2. The van der Waals surface area contributed by atoms with Crippen LogP contribution in [0.2, 0.25) is 0 Å². The van der Waals surface area contributed by atoms with Gasteiger partial charge in [0.2, 0.25) is 5.75 Å². The van der Waals surface area contributed by atoms with Crippen molar-refractivity contribution < 1.29 is 28.9 Å². The maximum Gasteiger partial charge on any atom is 0.271 e. The maximum absolute atomic E-state index is 12.7. The third-order valence-corrected chi connectivity index (χ3v) is 8.27. The van der Waals surface area contributed by atoms with Crippen LogP contribution in [0.1, 0.15) is 25.6 Å². The number of amides is 1. The zero-order chi connectivity index (χ0) is 28.2. The molecule has 5 rings (SSSR count). The minimum atomic E-state index is -1.24. The van der Waals surface area contributed by atoms with Gasteiger partial charge in [0.25, 0.3) is 5.91 Å². The van der Waals surface area contributed by atoms with E-state index in [1.807, 2.05) is 30.3 Å². The first kappa shape index (κ1) is 26.9. The number of fused-ring (bicyclic) bond motifs is 1. The highest BCUT2D eigenvalue weighted by Gasteiger charge is 2.17. The van der Waals surface area contributed by atoms with E-state index < -0.39 is 11.9 Å². The van der Waals surface area contributed by atoms with Crippen LogP contribution in [0.4, 0.5) is 0 Å². The lowest BCUT2D eigenvalue weighted by atomic mass is 10.1. The molecule has 0 radical (unpaired) electrons. The fourth-order valence-electron chi connectivity index (χ4n) is 4.06. The van der Waals surface area contributed by atoms with E-state index in [0.717, 1.165) is 19.5 Å². The van der Waals surface area contributed by atoms with Crippen molar-refractivity contribution in [1.29, 1.82) is 0 Å². The summed E-state index contributed by atoms with van der Waals surface area (Å²) < 4.78 is 15.9. The number of pyridine rings is 1. The Morgan fingerprint density at radius 2 is 1.55 bits per heavy atom. The largest absolute Gasteiger partial charge is 0.545 e. The summed E-state index contributed by atoms with van der Waals surface area (Å²) >= 11 is 3.00. The number of rotatable bonds is 9. The number of nitrogens with one attached hydrogen (secondary N) is 1.